The number of anilines is 1. The van der Waals surface area contributed by atoms with Gasteiger partial charge < -0.3 is 10.5 Å². The molecule has 0 aliphatic carbocycles. The van der Waals surface area contributed by atoms with Gasteiger partial charge in [0.2, 0.25) is 0 Å². The maximum absolute atomic E-state index is 10.1. The largest absolute Gasteiger partial charge is 0.399 e. The fourth-order valence-corrected chi connectivity index (χ4v) is 0.632. The number of benzene rings is 1. The Morgan fingerprint density at radius 3 is 2.23 bits per heavy atom. The Bertz CT molecular complexity index is 291. The quantitative estimate of drug-likeness (QED) is 0.527. The lowest BCUT2D eigenvalue weighted by Crippen LogP contribution is -1.85. The van der Waals surface area contributed by atoms with Crippen LogP contribution < -0.4 is 5.73 Å². The maximum Gasteiger partial charge on any atom is 0.150 e. The first-order valence-electron chi connectivity index (χ1n) is 3.84. The normalized spacial score (nSPS) is 8.15. The molecule has 0 aliphatic rings. The minimum Gasteiger partial charge on any atom is -0.399 e. The number of nitrogens with two attached hydrogens (primary N) is 1. The van der Waals surface area contributed by atoms with Crippen LogP contribution >= 0.6 is 0 Å². The second-order valence-corrected chi connectivity index (χ2v) is 2.70. The summed E-state index contributed by atoms with van der Waals surface area (Å²) >= 11 is 0. The zero-order valence-electron chi connectivity index (χ0n) is 7.78. The number of nitrogen functional groups attached to an aromatic ring is 1. The van der Waals surface area contributed by atoms with Gasteiger partial charge in [-0.1, -0.05) is 12.1 Å². The number of ketones is 1. The van der Waals surface area contributed by atoms with E-state index in [2.05, 4.69) is 0 Å². The van der Waals surface area contributed by atoms with Gasteiger partial charge in [-0.15, -0.1) is 0 Å². The molecule has 1 aromatic rings. The molecule has 0 saturated heterocycles. The zero-order chi connectivity index (χ0) is 10.3. The van der Waals surface area contributed by atoms with E-state index in [0.29, 0.717) is 11.3 Å². The van der Waals surface area contributed by atoms with Crippen LogP contribution in [-0.4, -0.2) is 12.1 Å². The highest BCUT2D eigenvalue weighted by molar-refractivity contribution is 5.76. The summed E-state index contributed by atoms with van der Waals surface area (Å²) in [5.74, 6) is 0.167. The number of Topliss-reactive ketones (excluding diaryl/α,β-unsaturated/α-hetero) is 1. The van der Waals surface area contributed by atoms with Crippen LogP contribution in [0.1, 0.15) is 24.2 Å². The lowest BCUT2D eigenvalue weighted by Gasteiger charge is -1.90. The van der Waals surface area contributed by atoms with Crippen LogP contribution in [0.5, 0.6) is 0 Å². The summed E-state index contributed by atoms with van der Waals surface area (Å²) in [6.45, 7) is 3.06. The van der Waals surface area contributed by atoms with Gasteiger partial charge in [0.15, 0.2) is 0 Å². The molecule has 0 aliphatic heterocycles. The molecule has 0 unspecified atom stereocenters. The van der Waals surface area contributed by atoms with E-state index in [1.54, 1.807) is 24.3 Å². The molecule has 0 fully saturated rings. The molecule has 2 N–H and O–H groups in total. The molecule has 3 heteroatoms. The van der Waals surface area contributed by atoms with Gasteiger partial charge in [0.25, 0.3) is 0 Å². The second kappa shape index (κ2) is 5.94. The first-order chi connectivity index (χ1) is 6.06. The van der Waals surface area contributed by atoms with Crippen LogP contribution in [0.2, 0.25) is 0 Å². The first-order valence-corrected chi connectivity index (χ1v) is 3.84. The third kappa shape index (κ3) is 6.75. The lowest BCUT2D eigenvalue weighted by molar-refractivity contribution is -0.114. The van der Waals surface area contributed by atoms with Crippen LogP contribution in [0, 0.1) is 0 Å². The molecule has 0 radical (unpaired) electrons. The molecule has 70 valence electrons. The average Bonchev–Trinajstić information content (AvgIpc) is 2.03. The molecule has 0 heterocycles. The molecular weight excluding hydrogens is 166 g/mol. The van der Waals surface area contributed by atoms with Crippen molar-refractivity contribution in [3.8, 4) is 0 Å². The van der Waals surface area contributed by atoms with E-state index in [1.807, 2.05) is 0 Å². The summed E-state index contributed by atoms with van der Waals surface area (Å²) in [5.41, 5.74) is 6.62. The fraction of sp³-hybridized carbons (Fsp3) is 0.200. The predicted octanol–water partition coefficient (Wildman–Crippen LogP) is 1.68. The van der Waals surface area contributed by atoms with E-state index in [9.17, 15) is 9.59 Å². The fourth-order valence-electron chi connectivity index (χ4n) is 0.632. The number of hydrogen-bond donors (Lipinski definition) is 1. The van der Waals surface area contributed by atoms with Crippen LogP contribution in [0.15, 0.2) is 24.3 Å². The summed E-state index contributed by atoms with van der Waals surface area (Å²) in [5, 5.41) is 0. The molecule has 0 bridgehead atoms. The van der Waals surface area contributed by atoms with E-state index < -0.39 is 0 Å². The molecule has 3 nitrogen and oxygen atoms in total. The number of carbonyl (C=O) groups excluding carboxylic acids is 2. The number of hydrogen-bond acceptors (Lipinski definition) is 3. The topological polar surface area (TPSA) is 60.2 Å². The number of aldehydes is 1. The molecule has 1 rings (SSSR count). The van der Waals surface area contributed by atoms with Gasteiger partial charge in [-0.05, 0) is 26.0 Å². The third-order valence-electron chi connectivity index (χ3n) is 1.05. The predicted molar refractivity (Wildman–Crippen MR) is 52.6 cm³/mol. The Morgan fingerprint density at radius 1 is 1.38 bits per heavy atom. The van der Waals surface area contributed by atoms with Crippen molar-refractivity contribution >= 4 is 17.8 Å². The average molecular weight is 179 g/mol. The van der Waals surface area contributed by atoms with E-state index >= 15 is 0 Å². The standard InChI is InChI=1S/C7H7NO.C3H6O/c8-7-3-1-2-6(4-7)5-9;1-3(2)4/h1-5H,8H2;1-2H3. The number of carbonyl (C=O) groups is 2. The zero-order valence-corrected chi connectivity index (χ0v) is 7.78. The highest BCUT2D eigenvalue weighted by Crippen LogP contribution is 2.02. The molecule has 0 amide bonds. The van der Waals surface area contributed by atoms with Crippen LogP contribution in [0.25, 0.3) is 0 Å². The molecule has 0 spiro atoms. The highest BCUT2D eigenvalue weighted by atomic mass is 16.1. The third-order valence-corrected chi connectivity index (χ3v) is 1.05. The first kappa shape index (κ1) is 11.4. The van der Waals surface area contributed by atoms with Crippen molar-refractivity contribution < 1.29 is 9.59 Å². The van der Waals surface area contributed by atoms with Crippen LogP contribution in [0.4, 0.5) is 5.69 Å². The molecular formula is C10H13NO2. The van der Waals surface area contributed by atoms with Crippen molar-refractivity contribution in [2.24, 2.45) is 0 Å². The van der Waals surface area contributed by atoms with Crippen molar-refractivity contribution in [3.05, 3.63) is 29.8 Å². The molecule has 0 atom stereocenters. The summed E-state index contributed by atoms with van der Waals surface area (Å²) in [4.78, 5) is 19.5. The van der Waals surface area contributed by atoms with Gasteiger partial charge in [-0.3, -0.25) is 4.79 Å². The minimum atomic E-state index is 0.167. The molecule has 1 aromatic carbocycles. The summed E-state index contributed by atoms with van der Waals surface area (Å²) in [7, 11) is 0. The molecule has 0 aromatic heterocycles. The van der Waals surface area contributed by atoms with Crippen molar-refractivity contribution in [3.63, 3.8) is 0 Å². The van der Waals surface area contributed by atoms with Gasteiger partial charge in [-0.25, -0.2) is 0 Å². The van der Waals surface area contributed by atoms with Crippen molar-refractivity contribution in [2.45, 2.75) is 13.8 Å². The smallest absolute Gasteiger partial charge is 0.150 e. The Kier molecular flexibility index (Phi) is 5.19. The Balaban J connectivity index is 0.000000310. The van der Waals surface area contributed by atoms with Gasteiger partial charge in [0.1, 0.15) is 12.1 Å². The monoisotopic (exact) mass is 179 g/mol. The van der Waals surface area contributed by atoms with E-state index in [1.165, 1.54) is 13.8 Å². The highest BCUT2D eigenvalue weighted by Gasteiger charge is 1.86. The van der Waals surface area contributed by atoms with Crippen molar-refractivity contribution in [1.29, 1.82) is 0 Å². The van der Waals surface area contributed by atoms with Gasteiger partial charge in [-0.2, -0.15) is 0 Å². The van der Waals surface area contributed by atoms with Crippen LogP contribution in [0.3, 0.4) is 0 Å². The van der Waals surface area contributed by atoms with E-state index in [-0.39, 0.29) is 5.78 Å². The van der Waals surface area contributed by atoms with Crippen molar-refractivity contribution in [1.82, 2.24) is 0 Å². The Morgan fingerprint density at radius 2 is 1.92 bits per heavy atom. The van der Waals surface area contributed by atoms with E-state index in [0.717, 1.165) is 6.29 Å². The van der Waals surface area contributed by atoms with Gasteiger partial charge in [0, 0.05) is 11.3 Å². The second-order valence-electron chi connectivity index (χ2n) is 2.70. The molecule has 0 saturated carbocycles. The summed E-state index contributed by atoms with van der Waals surface area (Å²) in [6, 6.07) is 6.84. The Labute approximate surface area is 77.6 Å². The van der Waals surface area contributed by atoms with Gasteiger partial charge >= 0.3 is 0 Å². The van der Waals surface area contributed by atoms with Gasteiger partial charge in [0.05, 0.1) is 0 Å². The van der Waals surface area contributed by atoms with Crippen molar-refractivity contribution in [2.75, 3.05) is 5.73 Å². The Hall–Kier alpha value is -1.64. The minimum absolute atomic E-state index is 0.167. The number of rotatable bonds is 1. The maximum atomic E-state index is 10.1. The SMILES string of the molecule is CC(C)=O.Nc1cccc(C=O)c1. The lowest BCUT2D eigenvalue weighted by atomic mass is 10.2. The van der Waals surface area contributed by atoms with E-state index in [4.69, 9.17) is 5.73 Å². The molecule has 13 heavy (non-hydrogen) atoms. The summed E-state index contributed by atoms with van der Waals surface area (Å²) < 4.78 is 0. The summed E-state index contributed by atoms with van der Waals surface area (Å²) in [6.07, 6.45) is 0.774. The van der Waals surface area contributed by atoms with Crippen LogP contribution in [-0.2, 0) is 4.79 Å².